The fourth-order valence-electron chi connectivity index (χ4n) is 3.64. The summed E-state index contributed by atoms with van der Waals surface area (Å²) in [5, 5.41) is 3.04. The second-order valence-electron chi connectivity index (χ2n) is 7.28. The maximum Gasteiger partial charge on any atom is 0.287 e. The average molecular weight is 422 g/mol. The monoisotopic (exact) mass is 421 g/mol. The molecule has 0 spiro atoms. The summed E-state index contributed by atoms with van der Waals surface area (Å²) in [5.41, 5.74) is 2.69. The first-order valence-corrected chi connectivity index (χ1v) is 10.1. The van der Waals surface area contributed by atoms with E-state index in [1.54, 1.807) is 21.3 Å². The van der Waals surface area contributed by atoms with Crippen molar-refractivity contribution < 1.29 is 23.9 Å². The summed E-state index contributed by atoms with van der Waals surface area (Å²) < 4.78 is 16.0. The van der Waals surface area contributed by atoms with Gasteiger partial charge in [0.25, 0.3) is 5.91 Å². The first-order valence-electron chi connectivity index (χ1n) is 10.1. The number of benzene rings is 3. The van der Waals surface area contributed by atoms with Gasteiger partial charge < -0.3 is 24.4 Å². The van der Waals surface area contributed by atoms with Gasteiger partial charge in [0.1, 0.15) is 12.3 Å². The highest BCUT2D eigenvalue weighted by Crippen LogP contribution is 2.27. The van der Waals surface area contributed by atoms with Crippen LogP contribution in [0.4, 0.5) is 5.69 Å². The molecule has 2 N–H and O–H groups in total. The normalized spacial score (nSPS) is 12.5. The van der Waals surface area contributed by atoms with Crippen LogP contribution in [0.15, 0.2) is 72.8 Å². The Hall–Kier alpha value is -3.51. The fourth-order valence-corrected chi connectivity index (χ4v) is 3.64. The Morgan fingerprint density at radius 3 is 2.29 bits per heavy atom. The molecule has 0 aliphatic heterocycles. The van der Waals surface area contributed by atoms with E-state index in [-0.39, 0.29) is 5.91 Å². The predicted octanol–water partition coefficient (Wildman–Crippen LogP) is 3.11. The number of ether oxygens (including phenoxy) is 3. The minimum atomic E-state index is -0.402. The van der Waals surface area contributed by atoms with Crippen molar-refractivity contribution in [2.45, 2.75) is 12.6 Å². The van der Waals surface area contributed by atoms with E-state index in [9.17, 15) is 4.79 Å². The minimum absolute atomic E-state index is 0.0857. The zero-order valence-electron chi connectivity index (χ0n) is 18.3. The molecule has 2 atom stereocenters. The Bertz CT molecular complexity index is 1010. The van der Waals surface area contributed by atoms with E-state index < -0.39 is 6.04 Å². The van der Waals surface area contributed by atoms with Crippen molar-refractivity contribution in [3.8, 4) is 17.2 Å². The van der Waals surface area contributed by atoms with Crippen LogP contribution >= 0.6 is 0 Å². The molecule has 1 amide bonds. The zero-order valence-corrected chi connectivity index (χ0v) is 18.3. The number of amides is 1. The van der Waals surface area contributed by atoms with Gasteiger partial charge in [-0.3, -0.25) is 4.79 Å². The standard InChI is InChI=1S/C25H28N2O4/c1-27(17-18-13-14-22(30-3)23(15-18)31-4)24(19-9-6-5-7-10-19)25(28)26-20-11-8-12-21(16-20)29-2/h5-16,24H,17H2,1-4H3,(H,26,28)/p+1/t24-/m0/s1. The number of likely N-dealkylation sites (N-methyl/N-ethyl adjacent to an activating group) is 1. The van der Waals surface area contributed by atoms with E-state index in [0.717, 1.165) is 16.0 Å². The number of nitrogens with one attached hydrogen (secondary N) is 2. The van der Waals surface area contributed by atoms with Crippen molar-refractivity contribution in [1.29, 1.82) is 0 Å². The summed E-state index contributed by atoms with van der Waals surface area (Å²) in [6, 6.07) is 22.6. The molecule has 0 radical (unpaired) electrons. The molecule has 0 aliphatic carbocycles. The van der Waals surface area contributed by atoms with Gasteiger partial charge in [-0.15, -0.1) is 0 Å². The quantitative estimate of drug-likeness (QED) is 0.557. The summed E-state index contributed by atoms with van der Waals surface area (Å²) in [6.45, 7) is 0.630. The van der Waals surface area contributed by atoms with Crippen LogP contribution in [0.1, 0.15) is 17.2 Å². The van der Waals surface area contributed by atoms with Crippen LogP contribution in [0.25, 0.3) is 0 Å². The molecule has 6 nitrogen and oxygen atoms in total. The van der Waals surface area contributed by atoms with Gasteiger partial charge in [-0.1, -0.05) is 36.4 Å². The van der Waals surface area contributed by atoms with Crippen LogP contribution in [-0.4, -0.2) is 34.3 Å². The maximum absolute atomic E-state index is 13.4. The van der Waals surface area contributed by atoms with Crippen molar-refractivity contribution in [3.05, 3.63) is 83.9 Å². The molecular weight excluding hydrogens is 392 g/mol. The largest absolute Gasteiger partial charge is 0.497 e. The van der Waals surface area contributed by atoms with Gasteiger partial charge in [0.2, 0.25) is 0 Å². The highest BCUT2D eigenvalue weighted by atomic mass is 16.5. The van der Waals surface area contributed by atoms with Gasteiger partial charge in [0, 0.05) is 22.9 Å². The first-order chi connectivity index (χ1) is 15.0. The Labute approximate surface area is 183 Å². The van der Waals surface area contributed by atoms with Crippen molar-refractivity contribution in [2.75, 3.05) is 33.7 Å². The molecule has 0 saturated heterocycles. The molecule has 0 heterocycles. The molecule has 162 valence electrons. The van der Waals surface area contributed by atoms with Crippen LogP contribution in [0, 0.1) is 0 Å². The summed E-state index contributed by atoms with van der Waals surface area (Å²) in [4.78, 5) is 14.4. The molecule has 3 aromatic rings. The highest BCUT2D eigenvalue weighted by Gasteiger charge is 2.29. The number of quaternary nitrogens is 1. The second kappa shape index (κ2) is 10.5. The summed E-state index contributed by atoms with van der Waals surface area (Å²) >= 11 is 0. The van der Waals surface area contributed by atoms with E-state index in [1.807, 2.05) is 79.8 Å². The van der Waals surface area contributed by atoms with Crippen LogP contribution in [0.5, 0.6) is 17.2 Å². The molecule has 0 fully saturated rings. The van der Waals surface area contributed by atoms with Gasteiger partial charge in [-0.05, 0) is 30.3 Å². The lowest BCUT2D eigenvalue weighted by Gasteiger charge is -2.25. The van der Waals surface area contributed by atoms with Gasteiger partial charge in [0.05, 0.1) is 28.4 Å². The third kappa shape index (κ3) is 5.55. The summed E-state index contributed by atoms with van der Waals surface area (Å²) in [6.07, 6.45) is 0. The van der Waals surface area contributed by atoms with Crippen molar-refractivity contribution in [1.82, 2.24) is 0 Å². The summed E-state index contributed by atoms with van der Waals surface area (Å²) in [7, 11) is 6.85. The zero-order chi connectivity index (χ0) is 22.2. The van der Waals surface area contributed by atoms with Crippen molar-refractivity contribution >= 4 is 11.6 Å². The number of rotatable bonds is 9. The van der Waals surface area contributed by atoms with Crippen LogP contribution in [0.2, 0.25) is 0 Å². The van der Waals surface area contributed by atoms with Crippen LogP contribution in [-0.2, 0) is 11.3 Å². The molecule has 31 heavy (non-hydrogen) atoms. The molecular formula is C25H29N2O4+. The second-order valence-corrected chi connectivity index (χ2v) is 7.28. The van der Waals surface area contributed by atoms with Crippen molar-refractivity contribution in [3.63, 3.8) is 0 Å². The molecule has 0 bridgehead atoms. The first kappa shape index (κ1) is 22.2. The number of methoxy groups -OCH3 is 3. The van der Waals surface area contributed by atoms with E-state index in [0.29, 0.717) is 29.5 Å². The SMILES string of the molecule is COc1cccc(NC(=O)[C@H](c2ccccc2)[NH+](C)Cc2ccc(OC)c(OC)c2)c1. The number of hydrogen-bond donors (Lipinski definition) is 2. The number of carbonyl (C=O) groups is 1. The molecule has 3 aromatic carbocycles. The molecule has 0 aromatic heterocycles. The minimum Gasteiger partial charge on any atom is -0.497 e. The Kier molecular flexibility index (Phi) is 7.51. The van der Waals surface area contributed by atoms with E-state index in [2.05, 4.69) is 5.32 Å². The van der Waals surface area contributed by atoms with Gasteiger partial charge in [-0.2, -0.15) is 0 Å². The summed E-state index contributed by atoms with van der Waals surface area (Å²) in [5.74, 6) is 1.96. The van der Waals surface area contributed by atoms with Gasteiger partial charge >= 0.3 is 0 Å². The van der Waals surface area contributed by atoms with Gasteiger partial charge in [-0.25, -0.2) is 0 Å². The number of carbonyl (C=O) groups excluding carboxylic acids is 1. The maximum atomic E-state index is 13.4. The molecule has 0 saturated carbocycles. The lowest BCUT2D eigenvalue weighted by Crippen LogP contribution is -3.09. The van der Waals surface area contributed by atoms with Gasteiger partial charge in [0.15, 0.2) is 17.5 Å². The van der Waals surface area contributed by atoms with E-state index in [4.69, 9.17) is 14.2 Å². The third-order valence-corrected chi connectivity index (χ3v) is 5.16. The van der Waals surface area contributed by atoms with E-state index >= 15 is 0 Å². The molecule has 6 heteroatoms. The molecule has 1 unspecified atom stereocenters. The number of anilines is 1. The third-order valence-electron chi connectivity index (χ3n) is 5.16. The topological polar surface area (TPSA) is 61.2 Å². The van der Waals surface area contributed by atoms with Crippen molar-refractivity contribution in [2.24, 2.45) is 0 Å². The fraction of sp³-hybridized carbons (Fsp3) is 0.240. The average Bonchev–Trinajstić information content (AvgIpc) is 2.79. The smallest absolute Gasteiger partial charge is 0.287 e. The van der Waals surface area contributed by atoms with Crippen LogP contribution < -0.4 is 24.4 Å². The lowest BCUT2D eigenvalue weighted by atomic mass is 10.0. The molecule has 0 aliphatic rings. The lowest BCUT2D eigenvalue weighted by molar-refractivity contribution is -0.915. The Morgan fingerprint density at radius 2 is 1.61 bits per heavy atom. The Morgan fingerprint density at radius 1 is 0.871 bits per heavy atom. The van der Waals surface area contributed by atoms with E-state index in [1.165, 1.54) is 0 Å². The van der Waals surface area contributed by atoms with Crippen LogP contribution in [0.3, 0.4) is 0 Å². The highest BCUT2D eigenvalue weighted by molar-refractivity contribution is 5.94. The Balaban J connectivity index is 1.85. The predicted molar refractivity (Wildman–Crippen MR) is 121 cm³/mol. The molecule has 3 rings (SSSR count). The number of hydrogen-bond acceptors (Lipinski definition) is 4.